The molecular formula is CH4N3. The third kappa shape index (κ3) is 1.40. The molecule has 0 heterocycles. The molecule has 0 saturated heterocycles. The molecule has 0 aliphatic carbocycles. The molecule has 0 amide bonds. The van der Waals surface area contributed by atoms with Crippen LogP contribution in [0.3, 0.4) is 0 Å². The summed E-state index contributed by atoms with van der Waals surface area (Å²) in [6, 6.07) is 0. The molecule has 0 spiro atoms. The highest BCUT2D eigenvalue weighted by molar-refractivity contribution is 3.90. The predicted molar refractivity (Wildman–Crippen MR) is 13.6 cm³/mol. The van der Waals surface area contributed by atoms with Crippen LogP contribution >= 0.6 is 0 Å². The van der Waals surface area contributed by atoms with E-state index in [1.807, 2.05) is 0 Å². The van der Waals surface area contributed by atoms with Crippen molar-refractivity contribution in [3.8, 4) is 0 Å². The van der Waals surface area contributed by atoms with Crippen molar-refractivity contribution in [1.82, 2.24) is 11.0 Å². The van der Waals surface area contributed by atoms with E-state index in [9.17, 15) is 0 Å². The van der Waals surface area contributed by atoms with Crippen molar-refractivity contribution in [3.05, 3.63) is 0 Å². The van der Waals surface area contributed by atoms with E-state index in [1.165, 1.54) is 7.05 Å². The molecule has 0 saturated carbocycles. The maximum absolute atomic E-state index is 7.39. The Morgan fingerprint density at radius 1 is 2.00 bits per heavy atom. The number of hydrogen-bond acceptors (Lipinski definition) is 1. The molecule has 0 rings (SSSR count). The zero-order valence-electron chi connectivity index (χ0n) is 2.39. The first-order valence-corrected chi connectivity index (χ1v) is 0.924. The second-order valence-electron chi connectivity index (χ2n) is 0.324. The van der Waals surface area contributed by atoms with Crippen LogP contribution in [0.1, 0.15) is 0 Å². The van der Waals surface area contributed by atoms with E-state index in [1.54, 1.807) is 0 Å². The van der Waals surface area contributed by atoms with E-state index in [4.69, 9.17) is 5.53 Å². The van der Waals surface area contributed by atoms with Gasteiger partial charge in [-0.25, -0.2) is 0 Å². The first-order chi connectivity index (χ1) is 1.91. The summed E-state index contributed by atoms with van der Waals surface area (Å²) in [6.45, 7) is 0. The summed E-state index contributed by atoms with van der Waals surface area (Å²) in [5, 5.41) is 2.49. The number of nitrogens with zero attached hydrogens (tertiary/aromatic N) is 2. The van der Waals surface area contributed by atoms with Crippen molar-refractivity contribution in [2.24, 2.45) is 5.22 Å². The maximum Gasteiger partial charge on any atom is 0.0234 e. The first-order valence-electron chi connectivity index (χ1n) is 0.924. The van der Waals surface area contributed by atoms with Gasteiger partial charge >= 0.3 is 0 Å². The molecule has 4 heavy (non-hydrogen) atoms. The van der Waals surface area contributed by atoms with Crippen LogP contribution in [0.2, 0.25) is 0 Å². The van der Waals surface area contributed by atoms with E-state index < -0.39 is 0 Å². The molecule has 3 nitrogen and oxygen atoms in total. The number of nitrogens with one attached hydrogen (secondary N) is 1. The van der Waals surface area contributed by atoms with Crippen molar-refractivity contribution in [2.75, 3.05) is 7.05 Å². The molecule has 23 valence electrons. The van der Waals surface area contributed by atoms with Gasteiger partial charge in [0.1, 0.15) is 0 Å². The minimum Gasteiger partial charge on any atom is -0.293 e. The van der Waals surface area contributed by atoms with Gasteiger partial charge in [0.05, 0.1) is 0 Å². The average molecular weight is 58.1 g/mol. The van der Waals surface area contributed by atoms with Crippen LogP contribution in [0.15, 0.2) is 5.22 Å². The van der Waals surface area contributed by atoms with Crippen molar-refractivity contribution >= 4 is 0 Å². The Bertz CT molecular complexity index is 17.2. The summed E-state index contributed by atoms with van der Waals surface area (Å²) in [6.07, 6.45) is 0. The van der Waals surface area contributed by atoms with Gasteiger partial charge in [-0.2, -0.15) is 0 Å². The molecule has 0 bridgehead atoms. The normalized spacial score (nSPS) is 5.25. The summed E-state index contributed by atoms with van der Waals surface area (Å²) >= 11 is 0. The zero-order valence-corrected chi connectivity index (χ0v) is 2.39. The molecule has 0 aliphatic heterocycles. The van der Waals surface area contributed by atoms with Gasteiger partial charge in [0.25, 0.3) is 0 Å². The predicted octanol–water partition coefficient (Wildman–Crippen LogP) is -0.627. The zero-order chi connectivity index (χ0) is 3.41. The Hall–Kier alpha value is -0.600. The summed E-state index contributed by atoms with van der Waals surface area (Å²) in [7, 11) is 1.51. The van der Waals surface area contributed by atoms with E-state index in [-0.39, 0.29) is 0 Å². The van der Waals surface area contributed by atoms with E-state index in [2.05, 4.69) is 10.6 Å². The fraction of sp³-hybridized carbons (Fsp3) is 1.00. The van der Waals surface area contributed by atoms with Crippen molar-refractivity contribution in [1.29, 1.82) is 0 Å². The van der Waals surface area contributed by atoms with Crippen molar-refractivity contribution in [2.45, 2.75) is 0 Å². The highest BCUT2D eigenvalue weighted by Crippen LogP contribution is 1.26. The molecule has 1 radical (unpaired) electrons. The molecule has 0 aromatic rings. The largest absolute Gasteiger partial charge is 0.293 e. The van der Waals surface area contributed by atoms with E-state index in [0.717, 1.165) is 0 Å². The van der Waals surface area contributed by atoms with Crippen molar-refractivity contribution < 1.29 is 0 Å². The molecule has 3 heteroatoms. The molecule has 0 atom stereocenters. The van der Waals surface area contributed by atoms with Gasteiger partial charge in [0.2, 0.25) is 0 Å². The van der Waals surface area contributed by atoms with Crippen LogP contribution in [-0.4, -0.2) is 7.05 Å². The Morgan fingerprint density at radius 3 is 2.25 bits per heavy atom. The molecule has 1 N–H and O–H groups in total. The van der Waals surface area contributed by atoms with Gasteiger partial charge in [0.15, 0.2) is 0 Å². The van der Waals surface area contributed by atoms with Gasteiger partial charge in [-0.1, -0.05) is 5.22 Å². The Morgan fingerprint density at radius 2 is 2.25 bits per heavy atom. The fourth-order valence-corrected chi connectivity index (χ4v) is 0. The summed E-state index contributed by atoms with van der Waals surface area (Å²) in [4.78, 5) is 0. The quantitative estimate of drug-likeness (QED) is 0.317. The van der Waals surface area contributed by atoms with Crippen LogP contribution in [0.25, 0.3) is 0 Å². The lowest BCUT2D eigenvalue weighted by molar-refractivity contribution is 0.830. The molecule has 0 aliphatic rings. The van der Waals surface area contributed by atoms with Gasteiger partial charge < -0.3 is 0 Å². The third-order valence-corrected chi connectivity index (χ3v) is 0.100. The van der Waals surface area contributed by atoms with Gasteiger partial charge in [-0.05, 0) is 5.53 Å². The Labute approximate surface area is 24.5 Å². The van der Waals surface area contributed by atoms with Crippen LogP contribution < -0.4 is 11.0 Å². The molecule has 0 unspecified atom stereocenters. The number of rotatable bonds is 1. The standard InChI is InChI=1S/CH4N3/c1-3-4-2/h3H,1H3. The van der Waals surface area contributed by atoms with Crippen LogP contribution in [0.5, 0.6) is 0 Å². The van der Waals surface area contributed by atoms with Crippen LogP contribution in [0, 0.1) is 0 Å². The lowest BCUT2D eigenvalue weighted by Crippen LogP contribution is -1.89. The van der Waals surface area contributed by atoms with Crippen LogP contribution in [0.4, 0.5) is 0 Å². The van der Waals surface area contributed by atoms with Gasteiger partial charge in [0, 0.05) is 7.05 Å². The maximum atomic E-state index is 7.39. The van der Waals surface area contributed by atoms with E-state index >= 15 is 0 Å². The molecule has 0 aromatic heterocycles. The lowest BCUT2D eigenvalue weighted by Gasteiger charge is -1.66. The molecule has 0 aromatic carbocycles. The highest BCUT2D eigenvalue weighted by atomic mass is 15.3. The van der Waals surface area contributed by atoms with Gasteiger partial charge in [-0.15, -0.1) is 0 Å². The SMILES string of the molecule is CNN=[N]. The summed E-state index contributed by atoms with van der Waals surface area (Å²) in [5.74, 6) is 0. The first kappa shape index (κ1) is 3.40. The Kier molecular flexibility index (Phi) is 2.04. The van der Waals surface area contributed by atoms with Crippen molar-refractivity contribution in [3.63, 3.8) is 0 Å². The van der Waals surface area contributed by atoms with E-state index in [0.29, 0.717) is 0 Å². The van der Waals surface area contributed by atoms with Crippen LogP contribution in [-0.2, 0) is 0 Å². The number of hydrogen-bond donors (Lipinski definition) is 1. The summed E-state index contributed by atoms with van der Waals surface area (Å²) in [5.41, 5.74) is 9.50. The second-order valence-corrected chi connectivity index (χ2v) is 0.324. The summed E-state index contributed by atoms with van der Waals surface area (Å²) < 4.78 is 0. The highest BCUT2D eigenvalue weighted by Gasteiger charge is 1.38. The molecule has 0 fully saturated rings. The smallest absolute Gasteiger partial charge is 0.0234 e. The lowest BCUT2D eigenvalue weighted by atomic mass is 11.5. The Balaban J connectivity index is 2.30. The monoisotopic (exact) mass is 58.0 g/mol. The third-order valence-electron chi connectivity index (χ3n) is 0.100. The topological polar surface area (TPSA) is 46.7 Å². The molecular weight excluding hydrogens is 54.0 g/mol. The minimum atomic E-state index is 1.51. The fourth-order valence-electron chi connectivity index (χ4n) is 0. The second kappa shape index (κ2) is 2.40. The minimum absolute atomic E-state index is 1.51. The average Bonchev–Trinajstić information content (AvgIpc) is 1.37. The van der Waals surface area contributed by atoms with Gasteiger partial charge in [-0.3, -0.25) is 5.43 Å².